The summed E-state index contributed by atoms with van der Waals surface area (Å²) in [5.41, 5.74) is 1.61. The second-order valence-corrected chi connectivity index (χ2v) is 3.19. The average Bonchev–Trinajstić information content (AvgIpc) is 2.83. The second-order valence-electron chi connectivity index (χ2n) is 3.19. The van der Waals surface area contributed by atoms with E-state index in [0.717, 1.165) is 11.4 Å². The number of hydrogen-bond acceptors (Lipinski definition) is 2. The highest BCUT2D eigenvalue weighted by Gasteiger charge is 2.05. The van der Waals surface area contributed by atoms with Crippen LogP contribution in [0.15, 0.2) is 43.0 Å². The van der Waals surface area contributed by atoms with E-state index in [2.05, 4.69) is 15.6 Å². The van der Waals surface area contributed by atoms with Crippen LogP contribution < -0.4 is 10.6 Å². The van der Waals surface area contributed by atoms with Crippen LogP contribution in [-0.4, -0.2) is 22.6 Å². The standard InChI is InChI=1S/C11H12N4O/c1-12-11(16)14-9-4-2-3-5-10(9)15-7-6-13-8-15/h2-8H,1H3,(H2,12,14,16). The molecule has 16 heavy (non-hydrogen) atoms. The van der Waals surface area contributed by atoms with Crippen molar-refractivity contribution in [2.75, 3.05) is 12.4 Å². The number of amides is 2. The molecule has 82 valence electrons. The van der Waals surface area contributed by atoms with Crippen molar-refractivity contribution in [2.24, 2.45) is 0 Å². The van der Waals surface area contributed by atoms with Gasteiger partial charge in [0.25, 0.3) is 0 Å². The maximum atomic E-state index is 11.3. The quantitative estimate of drug-likeness (QED) is 0.801. The van der Waals surface area contributed by atoms with E-state index >= 15 is 0 Å². The number of anilines is 1. The van der Waals surface area contributed by atoms with Crippen LogP contribution in [-0.2, 0) is 0 Å². The molecule has 0 saturated heterocycles. The summed E-state index contributed by atoms with van der Waals surface area (Å²) in [6, 6.07) is 7.28. The van der Waals surface area contributed by atoms with Crippen LogP contribution in [0.5, 0.6) is 0 Å². The number of hydrogen-bond donors (Lipinski definition) is 2. The fourth-order valence-corrected chi connectivity index (χ4v) is 1.39. The minimum absolute atomic E-state index is 0.243. The summed E-state index contributed by atoms with van der Waals surface area (Å²) in [6.45, 7) is 0. The number of nitrogens with one attached hydrogen (secondary N) is 2. The zero-order valence-electron chi connectivity index (χ0n) is 8.84. The molecule has 5 heteroatoms. The third-order valence-corrected chi connectivity index (χ3v) is 2.16. The number of nitrogens with zero attached hydrogens (tertiary/aromatic N) is 2. The molecule has 1 aromatic heterocycles. The number of para-hydroxylation sites is 2. The Labute approximate surface area is 93.1 Å². The number of imidazole rings is 1. The molecule has 0 unspecified atom stereocenters. The number of carbonyl (C=O) groups excluding carboxylic acids is 1. The van der Waals surface area contributed by atoms with Crippen molar-refractivity contribution in [3.8, 4) is 5.69 Å². The summed E-state index contributed by atoms with van der Waals surface area (Å²) in [5.74, 6) is 0. The van der Waals surface area contributed by atoms with Gasteiger partial charge in [-0.3, -0.25) is 0 Å². The van der Waals surface area contributed by atoms with Gasteiger partial charge in [0.05, 0.1) is 17.7 Å². The molecular weight excluding hydrogens is 204 g/mol. The van der Waals surface area contributed by atoms with E-state index in [1.807, 2.05) is 35.0 Å². The molecule has 0 fully saturated rings. The van der Waals surface area contributed by atoms with Gasteiger partial charge < -0.3 is 15.2 Å². The van der Waals surface area contributed by atoms with E-state index in [0.29, 0.717) is 0 Å². The predicted molar refractivity (Wildman–Crippen MR) is 61.6 cm³/mol. The molecule has 0 aliphatic rings. The van der Waals surface area contributed by atoms with Crippen LogP contribution in [0.2, 0.25) is 0 Å². The number of aromatic nitrogens is 2. The number of urea groups is 1. The molecule has 0 atom stereocenters. The lowest BCUT2D eigenvalue weighted by Gasteiger charge is -2.10. The molecule has 2 aromatic rings. The maximum absolute atomic E-state index is 11.3. The van der Waals surface area contributed by atoms with Crippen molar-refractivity contribution >= 4 is 11.7 Å². The normalized spacial score (nSPS) is 9.81. The maximum Gasteiger partial charge on any atom is 0.319 e. The van der Waals surface area contributed by atoms with Crippen LogP contribution in [0.1, 0.15) is 0 Å². The third-order valence-electron chi connectivity index (χ3n) is 2.16. The van der Waals surface area contributed by atoms with Crippen LogP contribution in [0.3, 0.4) is 0 Å². The highest BCUT2D eigenvalue weighted by atomic mass is 16.2. The van der Waals surface area contributed by atoms with Gasteiger partial charge in [-0.2, -0.15) is 0 Å². The summed E-state index contributed by atoms with van der Waals surface area (Å²) in [5, 5.41) is 5.26. The highest BCUT2D eigenvalue weighted by molar-refractivity contribution is 5.91. The Bertz CT molecular complexity index is 478. The van der Waals surface area contributed by atoms with Crippen molar-refractivity contribution in [3.05, 3.63) is 43.0 Å². The van der Waals surface area contributed by atoms with Gasteiger partial charge in [-0.1, -0.05) is 12.1 Å². The van der Waals surface area contributed by atoms with Crippen LogP contribution in [0.25, 0.3) is 5.69 Å². The Morgan fingerprint density at radius 2 is 2.19 bits per heavy atom. The first kappa shape index (κ1) is 10.2. The molecule has 0 saturated carbocycles. The second kappa shape index (κ2) is 4.48. The zero-order chi connectivity index (χ0) is 11.4. The van der Waals surface area contributed by atoms with Gasteiger partial charge in [0.2, 0.25) is 0 Å². The summed E-state index contributed by atoms with van der Waals surface area (Å²) < 4.78 is 1.84. The van der Waals surface area contributed by atoms with Crippen LogP contribution in [0, 0.1) is 0 Å². The Hall–Kier alpha value is -2.30. The van der Waals surface area contributed by atoms with Crippen molar-refractivity contribution in [3.63, 3.8) is 0 Å². The number of rotatable bonds is 2. The molecule has 0 bridgehead atoms. The molecule has 1 heterocycles. The lowest BCUT2D eigenvalue weighted by molar-refractivity contribution is 0.254. The van der Waals surface area contributed by atoms with Crippen LogP contribution in [0.4, 0.5) is 10.5 Å². The van der Waals surface area contributed by atoms with Crippen molar-refractivity contribution in [1.82, 2.24) is 14.9 Å². The molecular formula is C11H12N4O. The average molecular weight is 216 g/mol. The Kier molecular flexibility index (Phi) is 2.86. The van der Waals surface area contributed by atoms with E-state index in [-0.39, 0.29) is 6.03 Å². The summed E-state index contributed by atoms with van der Waals surface area (Å²) >= 11 is 0. The van der Waals surface area contributed by atoms with Gasteiger partial charge in [0.15, 0.2) is 0 Å². The minimum Gasteiger partial charge on any atom is -0.341 e. The van der Waals surface area contributed by atoms with Gasteiger partial charge in [-0.25, -0.2) is 9.78 Å². The SMILES string of the molecule is CNC(=O)Nc1ccccc1-n1ccnc1. The fraction of sp³-hybridized carbons (Fsp3) is 0.0909. The Morgan fingerprint density at radius 1 is 1.38 bits per heavy atom. The van der Waals surface area contributed by atoms with Gasteiger partial charge in [0.1, 0.15) is 0 Å². The molecule has 0 aliphatic heterocycles. The largest absolute Gasteiger partial charge is 0.341 e. The Morgan fingerprint density at radius 3 is 2.88 bits per heavy atom. The minimum atomic E-state index is -0.243. The summed E-state index contributed by atoms with van der Waals surface area (Å²) in [4.78, 5) is 15.2. The first-order valence-corrected chi connectivity index (χ1v) is 4.87. The molecule has 0 spiro atoms. The molecule has 0 radical (unpaired) electrons. The highest BCUT2D eigenvalue weighted by Crippen LogP contribution is 2.19. The Balaban J connectivity index is 2.35. The molecule has 2 rings (SSSR count). The number of benzene rings is 1. The molecule has 5 nitrogen and oxygen atoms in total. The van der Waals surface area contributed by atoms with Gasteiger partial charge in [0, 0.05) is 19.4 Å². The molecule has 1 aromatic carbocycles. The smallest absolute Gasteiger partial charge is 0.319 e. The van der Waals surface area contributed by atoms with Crippen molar-refractivity contribution in [1.29, 1.82) is 0 Å². The summed E-state index contributed by atoms with van der Waals surface area (Å²) in [7, 11) is 1.58. The molecule has 2 amide bonds. The van der Waals surface area contributed by atoms with E-state index in [1.165, 1.54) is 0 Å². The van der Waals surface area contributed by atoms with E-state index in [9.17, 15) is 4.79 Å². The first-order chi connectivity index (χ1) is 7.81. The monoisotopic (exact) mass is 216 g/mol. The van der Waals surface area contributed by atoms with Gasteiger partial charge in [-0.05, 0) is 12.1 Å². The predicted octanol–water partition coefficient (Wildman–Crippen LogP) is 1.62. The first-order valence-electron chi connectivity index (χ1n) is 4.87. The van der Waals surface area contributed by atoms with Gasteiger partial charge in [-0.15, -0.1) is 0 Å². The summed E-state index contributed by atoms with van der Waals surface area (Å²) in [6.07, 6.45) is 5.20. The van der Waals surface area contributed by atoms with Gasteiger partial charge >= 0.3 is 6.03 Å². The lowest BCUT2D eigenvalue weighted by atomic mass is 10.2. The van der Waals surface area contributed by atoms with Crippen molar-refractivity contribution < 1.29 is 4.79 Å². The van der Waals surface area contributed by atoms with Crippen molar-refractivity contribution in [2.45, 2.75) is 0 Å². The van der Waals surface area contributed by atoms with Crippen LogP contribution >= 0.6 is 0 Å². The molecule has 0 aliphatic carbocycles. The number of carbonyl (C=O) groups is 1. The fourth-order valence-electron chi connectivity index (χ4n) is 1.39. The van der Waals surface area contributed by atoms with E-state index in [1.54, 1.807) is 19.6 Å². The van der Waals surface area contributed by atoms with E-state index in [4.69, 9.17) is 0 Å². The zero-order valence-corrected chi connectivity index (χ0v) is 8.84. The van der Waals surface area contributed by atoms with E-state index < -0.39 is 0 Å². The lowest BCUT2D eigenvalue weighted by Crippen LogP contribution is -2.25. The third kappa shape index (κ3) is 2.03. The molecule has 2 N–H and O–H groups in total. The topological polar surface area (TPSA) is 59.0 Å².